The van der Waals surface area contributed by atoms with Crippen molar-refractivity contribution in [3.05, 3.63) is 41.9 Å². The maximum atomic E-state index is 12.7. The number of primary amides is 1. The van der Waals surface area contributed by atoms with Gasteiger partial charge in [0.25, 0.3) is 5.91 Å². The van der Waals surface area contributed by atoms with Gasteiger partial charge in [0.05, 0.1) is 11.6 Å². The zero-order chi connectivity index (χ0) is 18.6. The average molecular weight is 363 g/mol. The number of benzene rings is 1. The van der Waals surface area contributed by atoms with Crippen LogP contribution < -0.4 is 16.0 Å². The molecule has 3 aromatic rings. The molecule has 2 aromatic heterocycles. The summed E-state index contributed by atoms with van der Waals surface area (Å²) in [5.41, 5.74) is 7.71. The summed E-state index contributed by atoms with van der Waals surface area (Å²) < 4.78 is 0. The Bertz CT molecular complexity index is 1080. The van der Waals surface area contributed by atoms with E-state index < -0.39 is 11.3 Å². The number of amides is 2. The number of imidazole rings is 1. The molecule has 9 heteroatoms. The monoisotopic (exact) mass is 363 g/mol. The third kappa shape index (κ3) is 2.28. The zero-order valence-corrected chi connectivity index (χ0v) is 14.4. The Balaban J connectivity index is 1.41. The standard InChI is InChI=1S/C18H17N7O2/c19-13(26)15-21-12-9-20-17(24-14(12)23-15)25-7-5-18(6-8-25)10-3-1-2-4-11(10)22-16(18)27/h1-4,9H,5-8H2,(H2,19,26)(H,22,27)(H,20,21,23,24). The van der Waals surface area contributed by atoms with Crippen molar-refractivity contribution in [3.8, 4) is 0 Å². The Morgan fingerprint density at radius 2 is 1.96 bits per heavy atom. The summed E-state index contributed by atoms with van der Waals surface area (Å²) >= 11 is 0. The Hall–Kier alpha value is -3.49. The van der Waals surface area contributed by atoms with E-state index in [9.17, 15) is 9.59 Å². The lowest BCUT2D eigenvalue weighted by atomic mass is 9.74. The number of rotatable bonds is 2. The highest BCUT2D eigenvalue weighted by Gasteiger charge is 2.48. The lowest BCUT2D eigenvalue weighted by Gasteiger charge is -2.37. The highest BCUT2D eigenvalue weighted by Crippen LogP contribution is 2.45. The highest BCUT2D eigenvalue weighted by molar-refractivity contribution is 6.06. The van der Waals surface area contributed by atoms with E-state index in [4.69, 9.17) is 5.73 Å². The molecule has 0 radical (unpaired) electrons. The zero-order valence-electron chi connectivity index (χ0n) is 14.4. The molecule has 0 aliphatic carbocycles. The van der Waals surface area contributed by atoms with Crippen molar-refractivity contribution in [3.63, 3.8) is 0 Å². The second kappa shape index (κ2) is 5.50. The number of carbonyl (C=O) groups excluding carboxylic acids is 2. The fourth-order valence-electron chi connectivity index (χ4n) is 4.03. The van der Waals surface area contributed by atoms with Gasteiger partial charge in [-0.15, -0.1) is 0 Å². The van der Waals surface area contributed by atoms with Crippen LogP contribution in [0.2, 0.25) is 0 Å². The van der Waals surface area contributed by atoms with Gasteiger partial charge in [0.15, 0.2) is 11.5 Å². The predicted octanol–water partition coefficient (Wildman–Crippen LogP) is 0.942. The number of nitrogens with two attached hydrogens (primary N) is 1. The van der Waals surface area contributed by atoms with Gasteiger partial charge in [0, 0.05) is 18.8 Å². The van der Waals surface area contributed by atoms with E-state index in [1.807, 2.05) is 29.2 Å². The lowest BCUT2D eigenvalue weighted by molar-refractivity contribution is -0.121. The fourth-order valence-corrected chi connectivity index (χ4v) is 4.03. The van der Waals surface area contributed by atoms with Crippen LogP contribution in [0.4, 0.5) is 11.6 Å². The van der Waals surface area contributed by atoms with E-state index in [0.717, 1.165) is 11.3 Å². The van der Waals surface area contributed by atoms with Gasteiger partial charge in [0.1, 0.15) is 5.52 Å². The third-order valence-electron chi connectivity index (χ3n) is 5.49. The molecular formula is C18H17N7O2. The molecule has 0 unspecified atom stereocenters. The molecule has 2 amide bonds. The van der Waals surface area contributed by atoms with Gasteiger partial charge >= 0.3 is 0 Å². The molecule has 0 atom stereocenters. The van der Waals surface area contributed by atoms with Gasteiger partial charge < -0.3 is 20.9 Å². The highest BCUT2D eigenvalue weighted by atomic mass is 16.2. The van der Waals surface area contributed by atoms with Gasteiger partial charge in [-0.05, 0) is 24.5 Å². The molecule has 0 saturated carbocycles. The van der Waals surface area contributed by atoms with Crippen LogP contribution in [-0.4, -0.2) is 44.8 Å². The van der Waals surface area contributed by atoms with E-state index in [1.165, 1.54) is 0 Å². The van der Waals surface area contributed by atoms with Crippen LogP contribution in [-0.2, 0) is 10.2 Å². The Morgan fingerprint density at radius 3 is 2.74 bits per heavy atom. The number of carbonyl (C=O) groups is 2. The minimum absolute atomic E-state index is 0.0632. The minimum Gasteiger partial charge on any atom is -0.363 e. The summed E-state index contributed by atoms with van der Waals surface area (Å²) in [7, 11) is 0. The molecular weight excluding hydrogens is 346 g/mol. The second-order valence-corrected chi connectivity index (χ2v) is 6.93. The van der Waals surface area contributed by atoms with Crippen LogP contribution in [0.1, 0.15) is 29.0 Å². The number of H-pyrrole nitrogens is 1. The smallest absolute Gasteiger partial charge is 0.284 e. The largest absolute Gasteiger partial charge is 0.363 e. The first-order valence-electron chi connectivity index (χ1n) is 8.75. The Morgan fingerprint density at radius 1 is 1.19 bits per heavy atom. The van der Waals surface area contributed by atoms with E-state index in [1.54, 1.807) is 6.20 Å². The van der Waals surface area contributed by atoms with Crippen molar-refractivity contribution >= 4 is 34.6 Å². The molecule has 4 heterocycles. The fraction of sp³-hybridized carbons (Fsp3) is 0.278. The van der Waals surface area contributed by atoms with Crippen molar-refractivity contribution in [1.82, 2.24) is 19.9 Å². The van der Waals surface area contributed by atoms with Crippen molar-refractivity contribution < 1.29 is 9.59 Å². The molecule has 1 spiro atoms. The molecule has 2 aliphatic heterocycles. The van der Waals surface area contributed by atoms with E-state index in [-0.39, 0.29) is 11.7 Å². The second-order valence-electron chi connectivity index (χ2n) is 6.93. The maximum Gasteiger partial charge on any atom is 0.284 e. The number of hydrogen-bond donors (Lipinski definition) is 3. The molecule has 136 valence electrons. The summed E-state index contributed by atoms with van der Waals surface area (Å²) in [6.45, 7) is 1.31. The van der Waals surface area contributed by atoms with E-state index >= 15 is 0 Å². The van der Waals surface area contributed by atoms with Gasteiger partial charge in [-0.3, -0.25) is 9.59 Å². The number of hydrogen-bond acceptors (Lipinski definition) is 6. The molecule has 9 nitrogen and oxygen atoms in total. The first-order chi connectivity index (χ1) is 13.1. The number of nitrogens with one attached hydrogen (secondary N) is 2. The van der Waals surface area contributed by atoms with Gasteiger partial charge in [-0.2, -0.15) is 4.98 Å². The van der Waals surface area contributed by atoms with Gasteiger partial charge in [-0.1, -0.05) is 18.2 Å². The van der Waals surface area contributed by atoms with Crippen LogP contribution in [0.3, 0.4) is 0 Å². The SMILES string of the molecule is NC(=O)c1nc2nc(N3CCC4(CC3)C(=O)Nc3ccccc34)ncc2[nH]1. The van der Waals surface area contributed by atoms with Crippen LogP contribution in [0, 0.1) is 0 Å². The van der Waals surface area contributed by atoms with E-state index in [0.29, 0.717) is 43.0 Å². The van der Waals surface area contributed by atoms with Crippen LogP contribution in [0.15, 0.2) is 30.5 Å². The lowest BCUT2D eigenvalue weighted by Crippen LogP contribution is -2.47. The van der Waals surface area contributed by atoms with Crippen LogP contribution in [0.25, 0.3) is 11.2 Å². The normalized spacial score (nSPS) is 17.9. The molecule has 1 aromatic carbocycles. The molecule has 1 fully saturated rings. The molecule has 0 bridgehead atoms. The van der Waals surface area contributed by atoms with Gasteiger partial charge in [-0.25, -0.2) is 9.97 Å². The van der Waals surface area contributed by atoms with Crippen molar-refractivity contribution in [2.75, 3.05) is 23.3 Å². The van der Waals surface area contributed by atoms with Crippen molar-refractivity contribution in [2.24, 2.45) is 5.73 Å². The number of para-hydroxylation sites is 1. The molecule has 5 rings (SSSR count). The maximum absolute atomic E-state index is 12.7. The first kappa shape index (κ1) is 15.7. The molecule has 27 heavy (non-hydrogen) atoms. The number of fused-ring (bicyclic) bond motifs is 3. The van der Waals surface area contributed by atoms with Gasteiger partial charge in [0.2, 0.25) is 11.9 Å². The number of aromatic nitrogens is 4. The van der Waals surface area contributed by atoms with Crippen LogP contribution >= 0.6 is 0 Å². The predicted molar refractivity (Wildman–Crippen MR) is 98.4 cm³/mol. The topological polar surface area (TPSA) is 130 Å². The summed E-state index contributed by atoms with van der Waals surface area (Å²) in [6, 6.07) is 7.87. The quantitative estimate of drug-likeness (QED) is 0.621. The first-order valence-corrected chi connectivity index (χ1v) is 8.75. The number of anilines is 2. The Labute approximate surface area is 154 Å². The van der Waals surface area contributed by atoms with Crippen LogP contribution in [0.5, 0.6) is 0 Å². The number of aromatic amines is 1. The number of nitrogens with zero attached hydrogens (tertiary/aromatic N) is 4. The molecule has 4 N–H and O–H groups in total. The average Bonchev–Trinajstić information content (AvgIpc) is 3.22. The molecule has 1 saturated heterocycles. The van der Waals surface area contributed by atoms with Crippen molar-refractivity contribution in [2.45, 2.75) is 18.3 Å². The summed E-state index contributed by atoms with van der Waals surface area (Å²) in [6.07, 6.45) is 2.97. The summed E-state index contributed by atoms with van der Waals surface area (Å²) in [5, 5.41) is 3.00. The number of piperidine rings is 1. The van der Waals surface area contributed by atoms with Crippen molar-refractivity contribution in [1.29, 1.82) is 0 Å². The Kier molecular flexibility index (Phi) is 3.21. The third-order valence-corrected chi connectivity index (χ3v) is 5.49. The summed E-state index contributed by atoms with van der Waals surface area (Å²) in [5.74, 6) is 0.0262. The summed E-state index contributed by atoms with van der Waals surface area (Å²) in [4.78, 5) is 41.7. The van der Waals surface area contributed by atoms with E-state index in [2.05, 4.69) is 25.3 Å². The molecule has 2 aliphatic rings. The minimum atomic E-state index is -0.639.